The summed E-state index contributed by atoms with van der Waals surface area (Å²) in [6, 6.07) is 8.62. The number of ketones is 1. The maximum atomic E-state index is 11.5. The van der Waals surface area contributed by atoms with Crippen LogP contribution in [-0.4, -0.2) is 17.3 Å². The van der Waals surface area contributed by atoms with Gasteiger partial charge in [-0.05, 0) is 37.9 Å². The van der Waals surface area contributed by atoms with Crippen molar-refractivity contribution in [2.24, 2.45) is 5.92 Å². The van der Waals surface area contributed by atoms with Crippen LogP contribution in [0.15, 0.2) is 30.5 Å². The smallest absolute Gasteiger partial charge is 0.133 e. The maximum absolute atomic E-state index is 11.5. The summed E-state index contributed by atoms with van der Waals surface area (Å²) in [6.45, 7) is 2.64. The van der Waals surface area contributed by atoms with E-state index in [0.717, 1.165) is 19.4 Å². The molecular formula is C15H18N2O. The van der Waals surface area contributed by atoms with E-state index in [1.165, 1.54) is 16.5 Å². The van der Waals surface area contributed by atoms with Crippen molar-refractivity contribution in [3.05, 3.63) is 36.0 Å². The molecule has 3 heteroatoms. The van der Waals surface area contributed by atoms with Gasteiger partial charge >= 0.3 is 0 Å². The van der Waals surface area contributed by atoms with Crippen LogP contribution in [0.5, 0.6) is 0 Å². The molecule has 2 heterocycles. The summed E-state index contributed by atoms with van der Waals surface area (Å²) < 4.78 is 0. The quantitative estimate of drug-likeness (QED) is 0.850. The molecule has 0 unspecified atom stereocenters. The summed E-state index contributed by atoms with van der Waals surface area (Å²) in [4.78, 5) is 14.8. The molecule has 0 bridgehead atoms. The van der Waals surface area contributed by atoms with Crippen molar-refractivity contribution >= 4 is 16.7 Å². The molecule has 0 amide bonds. The Hall–Kier alpha value is -1.61. The summed E-state index contributed by atoms with van der Waals surface area (Å²) in [6.07, 6.45) is 3.95. The first-order chi connectivity index (χ1) is 8.75. The zero-order chi connectivity index (χ0) is 12.5. The standard InChI is InChI=1S/C15H18N2O/c1-10(18)11-6-7-16-15(8-11)13-9-17-14-5-3-2-4-12(13)14/h2-5,9,11,15-17H,6-8H2,1H3/t11-,15+/m0/s1. The number of fused-ring (bicyclic) bond motifs is 1. The Kier molecular flexibility index (Phi) is 2.92. The zero-order valence-electron chi connectivity index (χ0n) is 10.6. The first kappa shape index (κ1) is 11.5. The van der Waals surface area contributed by atoms with E-state index >= 15 is 0 Å². The molecule has 1 aromatic heterocycles. The highest BCUT2D eigenvalue weighted by Gasteiger charge is 2.26. The minimum Gasteiger partial charge on any atom is -0.361 e. The highest BCUT2D eigenvalue weighted by molar-refractivity contribution is 5.84. The van der Waals surface area contributed by atoms with Gasteiger partial charge in [0.05, 0.1) is 0 Å². The number of carbonyl (C=O) groups excluding carboxylic acids is 1. The number of aromatic nitrogens is 1. The van der Waals surface area contributed by atoms with Crippen molar-refractivity contribution in [3.63, 3.8) is 0 Å². The van der Waals surface area contributed by atoms with Gasteiger partial charge < -0.3 is 10.3 Å². The zero-order valence-corrected chi connectivity index (χ0v) is 10.6. The van der Waals surface area contributed by atoms with Crippen molar-refractivity contribution in [1.82, 2.24) is 10.3 Å². The minimum absolute atomic E-state index is 0.213. The van der Waals surface area contributed by atoms with Gasteiger partial charge in [0.1, 0.15) is 5.78 Å². The fraction of sp³-hybridized carbons (Fsp3) is 0.400. The molecule has 2 N–H and O–H groups in total. The average molecular weight is 242 g/mol. The number of carbonyl (C=O) groups is 1. The fourth-order valence-corrected chi connectivity index (χ4v) is 2.91. The van der Waals surface area contributed by atoms with Crippen molar-refractivity contribution < 1.29 is 4.79 Å². The second-order valence-corrected chi connectivity index (χ2v) is 5.13. The molecule has 2 atom stereocenters. The third kappa shape index (κ3) is 1.95. The first-order valence-corrected chi connectivity index (χ1v) is 6.55. The van der Waals surface area contributed by atoms with Crippen molar-refractivity contribution in [2.75, 3.05) is 6.54 Å². The third-order valence-electron chi connectivity index (χ3n) is 3.98. The predicted octanol–water partition coefficient (Wildman–Crippen LogP) is 2.80. The maximum Gasteiger partial charge on any atom is 0.133 e. The summed E-state index contributed by atoms with van der Waals surface area (Å²) in [5.74, 6) is 0.534. The first-order valence-electron chi connectivity index (χ1n) is 6.55. The normalized spacial score (nSPS) is 24.3. The Bertz CT molecular complexity index is 573. The van der Waals surface area contributed by atoms with Crippen molar-refractivity contribution in [2.45, 2.75) is 25.8 Å². The molecular weight excluding hydrogens is 224 g/mol. The van der Waals surface area contributed by atoms with Crippen LogP contribution in [0.1, 0.15) is 31.4 Å². The van der Waals surface area contributed by atoms with Crippen LogP contribution >= 0.6 is 0 Å². The molecule has 0 spiro atoms. The summed E-state index contributed by atoms with van der Waals surface area (Å²) in [5.41, 5.74) is 2.45. The Balaban J connectivity index is 1.92. The molecule has 1 aliphatic heterocycles. The van der Waals surface area contributed by atoms with Crippen LogP contribution in [0.4, 0.5) is 0 Å². The van der Waals surface area contributed by atoms with Crippen LogP contribution in [-0.2, 0) is 4.79 Å². The number of hydrogen-bond donors (Lipinski definition) is 2. The predicted molar refractivity (Wildman–Crippen MR) is 72.4 cm³/mol. The number of nitrogens with one attached hydrogen (secondary N) is 2. The molecule has 18 heavy (non-hydrogen) atoms. The highest BCUT2D eigenvalue weighted by atomic mass is 16.1. The van der Waals surface area contributed by atoms with Crippen LogP contribution in [0, 0.1) is 5.92 Å². The lowest BCUT2D eigenvalue weighted by atomic mass is 9.86. The molecule has 94 valence electrons. The van der Waals surface area contributed by atoms with E-state index in [9.17, 15) is 4.79 Å². The number of piperidine rings is 1. The second-order valence-electron chi connectivity index (χ2n) is 5.13. The molecule has 1 aromatic carbocycles. The lowest BCUT2D eigenvalue weighted by Crippen LogP contribution is -2.34. The van der Waals surface area contributed by atoms with Gasteiger partial charge in [-0.1, -0.05) is 18.2 Å². The average Bonchev–Trinajstić information content (AvgIpc) is 2.82. The Labute approximate surface area is 107 Å². The Morgan fingerprint density at radius 1 is 1.33 bits per heavy atom. The SMILES string of the molecule is CC(=O)[C@H]1CCN[C@@H](c2c[nH]c3ccccc23)C1. The number of rotatable bonds is 2. The molecule has 3 rings (SSSR count). The largest absolute Gasteiger partial charge is 0.361 e. The molecule has 3 nitrogen and oxygen atoms in total. The molecule has 2 aromatic rings. The number of aromatic amines is 1. The molecule has 0 saturated carbocycles. The summed E-state index contributed by atoms with van der Waals surface area (Å²) >= 11 is 0. The van der Waals surface area contributed by atoms with Crippen molar-refractivity contribution in [3.8, 4) is 0 Å². The molecule has 0 aliphatic carbocycles. The van der Waals surface area contributed by atoms with Gasteiger partial charge in [-0.3, -0.25) is 4.79 Å². The van der Waals surface area contributed by atoms with Gasteiger partial charge in [0.25, 0.3) is 0 Å². The van der Waals surface area contributed by atoms with Crippen LogP contribution in [0.2, 0.25) is 0 Å². The minimum atomic E-state index is 0.213. The molecule has 1 fully saturated rings. The summed E-state index contributed by atoms with van der Waals surface area (Å²) in [7, 11) is 0. The highest BCUT2D eigenvalue weighted by Crippen LogP contribution is 2.32. The lowest BCUT2D eigenvalue weighted by molar-refractivity contribution is -0.121. The van der Waals surface area contributed by atoms with E-state index < -0.39 is 0 Å². The lowest BCUT2D eigenvalue weighted by Gasteiger charge is -2.28. The van der Waals surface area contributed by atoms with Gasteiger partial charge in [0.15, 0.2) is 0 Å². The van der Waals surface area contributed by atoms with Gasteiger partial charge in [0.2, 0.25) is 0 Å². The van der Waals surface area contributed by atoms with E-state index in [1.54, 1.807) is 6.92 Å². The number of Topliss-reactive ketones (excluding diaryl/α,β-unsaturated/α-hetero) is 1. The second kappa shape index (κ2) is 4.58. The van der Waals surface area contributed by atoms with E-state index in [4.69, 9.17) is 0 Å². The van der Waals surface area contributed by atoms with Crippen LogP contribution in [0.3, 0.4) is 0 Å². The molecule has 1 saturated heterocycles. The van der Waals surface area contributed by atoms with Crippen molar-refractivity contribution in [1.29, 1.82) is 0 Å². The van der Waals surface area contributed by atoms with E-state index in [0.29, 0.717) is 11.8 Å². The van der Waals surface area contributed by atoms with Gasteiger partial charge in [-0.15, -0.1) is 0 Å². The summed E-state index contributed by atoms with van der Waals surface area (Å²) in [5, 5.41) is 4.79. The van der Waals surface area contributed by atoms with E-state index in [1.807, 2.05) is 6.07 Å². The molecule has 0 radical (unpaired) electrons. The number of hydrogen-bond acceptors (Lipinski definition) is 2. The van der Waals surface area contributed by atoms with Crippen LogP contribution in [0.25, 0.3) is 10.9 Å². The Morgan fingerprint density at radius 3 is 3.00 bits per heavy atom. The number of para-hydroxylation sites is 1. The number of H-pyrrole nitrogens is 1. The van der Waals surface area contributed by atoms with Crippen LogP contribution < -0.4 is 5.32 Å². The van der Waals surface area contributed by atoms with E-state index in [2.05, 4.69) is 34.7 Å². The van der Waals surface area contributed by atoms with Gasteiger partial charge in [-0.2, -0.15) is 0 Å². The van der Waals surface area contributed by atoms with E-state index in [-0.39, 0.29) is 5.92 Å². The fourth-order valence-electron chi connectivity index (χ4n) is 2.91. The third-order valence-corrected chi connectivity index (χ3v) is 3.98. The number of benzene rings is 1. The monoisotopic (exact) mass is 242 g/mol. The van der Waals surface area contributed by atoms with Gasteiger partial charge in [0, 0.05) is 29.1 Å². The molecule has 1 aliphatic rings. The van der Waals surface area contributed by atoms with Gasteiger partial charge in [-0.25, -0.2) is 0 Å². The Morgan fingerprint density at radius 2 is 2.17 bits per heavy atom. The topological polar surface area (TPSA) is 44.9 Å².